The van der Waals surface area contributed by atoms with Gasteiger partial charge in [0, 0.05) is 47.9 Å². The molecule has 4 rings (SSSR count). The van der Waals surface area contributed by atoms with Gasteiger partial charge in [0.2, 0.25) is 0 Å². The lowest BCUT2D eigenvalue weighted by Gasteiger charge is -2.27. The van der Waals surface area contributed by atoms with Crippen LogP contribution in [0.25, 0.3) is 10.2 Å². The lowest BCUT2D eigenvalue weighted by molar-refractivity contribution is 0.0376. The Morgan fingerprint density at radius 2 is 1.84 bits per heavy atom. The molecule has 1 saturated heterocycles. The average molecular weight is 486 g/mol. The molecule has 1 aliphatic heterocycles. The Kier molecular flexibility index (Phi) is 7.03. The van der Waals surface area contributed by atoms with Gasteiger partial charge in [-0.3, -0.25) is 14.6 Å². The molecule has 0 atom stereocenters. The van der Waals surface area contributed by atoms with Crippen LogP contribution in [0.2, 0.25) is 10.0 Å². The van der Waals surface area contributed by atoms with E-state index in [0.29, 0.717) is 51.6 Å². The average Bonchev–Trinajstić information content (AvgIpc) is 3.15. The number of nitrogens with zero attached hydrogens (tertiary/aromatic N) is 3. The molecule has 0 saturated carbocycles. The van der Waals surface area contributed by atoms with Gasteiger partial charge >= 0.3 is 0 Å². The third-order valence-corrected chi connectivity index (χ3v) is 6.41. The second-order valence-corrected chi connectivity index (χ2v) is 9.04. The van der Waals surface area contributed by atoms with E-state index in [1.807, 2.05) is 0 Å². The number of anilines is 1. The third-order valence-electron chi connectivity index (χ3n) is 4.95. The zero-order valence-electron chi connectivity index (χ0n) is 16.4. The maximum atomic E-state index is 14.2. The van der Waals surface area contributed by atoms with Crippen molar-refractivity contribution in [3.05, 3.63) is 57.6 Å². The molecule has 1 fully saturated rings. The van der Waals surface area contributed by atoms with Crippen LogP contribution in [0, 0.1) is 11.6 Å². The van der Waals surface area contributed by atoms with Gasteiger partial charge in [0.15, 0.2) is 10.9 Å². The van der Waals surface area contributed by atoms with Gasteiger partial charge in [-0.15, -0.1) is 0 Å². The number of aromatic nitrogens is 1. The Labute approximate surface area is 192 Å². The van der Waals surface area contributed by atoms with Crippen LogP contribution >= 0.6 is 34.5 Å². The van der Waals surface area contributed by atoms with Crippen LogP contribution in [-0.2, 0) is 4.74 Å². The zero-order valence-corrected chi connectivity index (χ0v) is 18.7. The Bertz CT molecular complexity index is 1090. The molecule has 31 heavy (non-hydrogen) atoms. The number of carbonyl (C=O) groups is 1. The van der Waals surface area contributed by atoms with Crippen LogP contribution in [0.3, 0.4) is 0 Å². The minimum atomic E-state index is -0.760. The van der Waals surface area contributed by atoms with Crippen molar-refractivity contribution < 1.29 is 18.3 Å². The summed E-state index contributed by atoms with van der Waals surface area (Å²) < 4.78 is 33.5. The first-order valence-electron chi connectivity index (χ1n) is 9.74. The van der Waals surface area contributed by atoms with Gasteiger partial charge in [0.05, 0.1) is 17.9 Å². The Balaban J connectivity index is 1.63. The minimum Gasteiger partial charge on any atom is -0.379 e. The van der Waals surface area contributed by atoms with E-state index in [1.54, 1.807) is 6.07 Å². The van der Waals surface area contributed by atoms with Crippen LogP contribution in [0.15, 0.2) is 30.3 Å². The molecule has 1 aromatic heterocycles. The molecule has 0 bridgehead atoms. The highest BCUT2D eigenvalue weighted by Gasteiger charge is 2.23. The minimum absolute atomic E-state index is 0.0384. The van der Waals surface area contributed by atoms with E-state index in [0.717, 1.165) is 37.0 Å². The molecular formula is C21H19Cl2F2N3O2S. The molecule has 0 N–H and O–H groups in total. The largest absolute Gasteiger partial charge is 0.379 e. The first kappa shape index (κ1) is 22.4. The van der Waals surface area contributed by atoms with E-state index in [2.05, 4.69) is 9.88 Å². The highest BCUT2D eigenvalue weighted by molar-refractivity contribution is 7.22. The fourth-order valence-electron chi connectivity index (χ4n) is 3.46. The molecule has 1 aliphatic rings. The van der Waals surface area contributed by atoms with E-state index >= 15 is 0 Å². The molecule has 164 valence electrons. The fraction of sp³-hybridized carbons (Fsp3) is 0.333. The van der Waals surface area contributed by atoms with Gasteiger partial charge in [0.1, 0.15) is 11.3 Å². The van der Waals surface area contributed by atoms with Crippen molar-refractivity contribution in [2.75, 3.05) is 44.3 Å². The van der Waals surface area contributed by atoms with E-state index in [1.165, 1.54) is 23.1 Å². The van der Waals surface area contributed by atoms with Crippen LogP contribution in [0.5, 0.6) is 0 Å². The van der Waals surface area contributed by atoms with Crippen molar-refractivity contribution in [3.8, 4) is 0 Å². The molecule has 2 heterocycles. The quantitative estimate of drug-likeness (QED) is 0.478. The first-order chi connectivity index (χ1) is 14.9. The van der Waals surface area contributed by atoms with Crippen LogP contribution < -0.4 is 4.90 Å². The number of hydrogen-bond donors (Lipinski definition) is 0. The second-order valence-electron chi connectivity index (χ2n) is 7.15. The summed E-state index contributed by atoms with van der Waals surface area (Å²) in [6.07, 6.45) is 0.673. The molecule has 0 aliphatic carbocycles. The van der Waals surface area contributed by atoms with Crippen LogP contribution in [0.4, 0.5) is 13.9 Å². The number of ether oxygens (including phenoxy) is 1. The van der Waals surface area contributed by atoms with Gasteiger partial charge in [-0.2, -0.15) is 0 Å². The Morgan fingerprint density at radius 3 is 2.55 bits per heavy atom. The molecular weight excluding hydrogens is 467 g/mol. The van der Waals surface area contributed by atoms with Crippen LogP contribution in [-0.4, -0.2) is 55.2 Å². The summed E-state index contributed by atoms with van der Waals surface area (Å²) in [5.41, 5.74) is 0.339. The van der Waals surface area contributed by atoms with Crippen molar-refractivity contribution in [1.82, 2.24) is 9.88 Å². The van der Waals surface area contributed by atoms with E-state index < -0.39 is 11.6 Å². The normalized spacial score (nSPS) is 14.8. The summed E-state index contributed by atoms with van der Waals surface area (Å²) in [6.45, 7) is 4.17. The molecule has 1 amide bonds. The highest BCUT2D eigenvalue weighted by Crippen LogP contribution is 2.32. The van der Waals surface area contributed by atoms with Gasteiger partial charge in [-0.05, 0) is 30.7 Å². The van der Waals surface area contributed by atoms with Crippen molar-refractivity contribution in [2.45, 2.75) is 6.42 Å². The molecule has 0 spiro atoms. The number of amides is 1. The van der Waals surface area contributed by atoms with Crippen molar-refractivity contribution in [1.29, 1.82) is 0 Å². The molecule has 2 aromatic carbocycles. The summed E-state index contributed by atoms with van der Waals surface area (Å²) >= 11 is 13.2. The SMILES string of the molecule is O=C(c1cc(Cl)cc(Cl)c1)N(CCCN1CCOCC1)c1nc2c(F)cc(F)cc2s1. The predicted molar refractivity (Wildman–Crippen MR) is 120 cm³/mol. The number of fused-ring (bicyclic) bond motifs is 1. The summed E-state index contributed by atoms with van der Waals surface area (Å²) in [6, 6.07) is 6.59. The topological polar surface area (TPSA) is 45.7 Å². The monoisotopic (exact) mass is 485 g/mol. The highest BCUT2D eigenvalue weighted by atomic mass is 35.5. The lowest BCUT2D eigenvalue weighted by atomic mass is 10.2. The van der Waals surface area contributed by atoms with Crippen LogP contribution in [0.1, 0.15) is 16.8 Å². The summed E-state index contributed by atoms with van der Waals surface area (Å²) in [5, 5.41) is 0.964. The number of carbonyl (C=O) groups excluding carboxylic acids is 1. The first-order valence-corrected chi connectivity index (χ1v) is 11.3. The van der Waals surface area contributed by atoms with Crippen molar-refractivity contribution in [2.24, 2.45) is 0 Å². The summed E-state index contributed by atoms with van der Waals surface area (Å²) in [4.78, 5) is 21.4. The number of rotatable bonds is 6. The van der Waals surface area contributed by atoms with Gasteiger partial charge < -0.3 is 4.74 Å². The Hall–Kier alpha value is -1.84. The molecule has 5 nitrogen and oxygen atoms in total. The molecule has 0 unspecified atom stereocenters. The van der Waals surface area contributed by atoms with E-state index in [4.69, 9.17) is 27.9 Å². The molecule has 0 radical (unpaired) electrons. The molecule has 3 aromatic rings. The number of morpholine rings is 1. The summed E-state index contributed by atoms with van der Waals surface area (Å²) in [7, 11) is 0. The standard InChI is InChI=1S/C21H19Cl2F2N3O2S/c22-14-8-13(9-15(23)10-14)20(29)28(3-1-2-27-4-6-30-7-5-27)21-26-19-17(25)11-16(24)12-18(19)31-21/h8-12H,1-7H2. The fourth-order valence-corrected chi connectivity index (χ4v) is 5.01. The number of thiazole rings is 1. The Morgan fingerprint density at radius 1 is 1.13 bits per heavy atom. The van der Waals surface area contributed by atoms with E-state index in [9.17, 15) is 13.6 Å². The maximum Gasteiger partial charge on any atom is 0.260 e. The second kappa shape index (κ2) is 9.75. The predicted octanol–water partition coefficient (Wildman–Crippen LogP) is 5.25. The van der Waals surface area contributed by atoms with Crippen molar-refractivity contribution >= 4 is 55.8 Å². The lowest BCUT2D eigenvalue weighted by Crippen LogP contribution is -2.39. The smallest absolute Gasteiger partial charge is 0.260 e. The maximum absolute atomic E-state index is 14.2. The van der Waals surface area contributed by atoms with Gasteiger partial charge in [-0.25, -0.2) is 13.8 Å². The van der Waals surface area contributed by atoms with Gasteiger partial charge in [-0.1, -0.05) is 34.5 Å². The van der Waals surface area contributed by atoms with Crippen molar-refractivity contribution in [3.63, 3.8) is 0 Å². The van der Waals surface area contributed by atoms with E-state index in [-0.39, 0.29) is 11.4 Å². The number of halogens is 4. The molecule has 10 heteroatoms. The summed E-state index contributed by atoms with van der Waals surface area (Å²) in [5.74, 6) is -1.80. The number of benzene rings is 2. The zero-order chi connectivity index (χ0) is 22.0. The third kappa shape index (κ3) is 5.32. The number of hydrogen-bond acceptors (Lipinski definition) is 5. The van der Waals surface area contributed by atoms with Gasteiger partial charge in [0.25, 0.3) is 5.91 Å².